The van der Waals surface area contributed by atoms with Crippen LogP contribution in [0, 0.1) is 0 Å². The van der Waals surface area contributed by atoms with E-state index in [4.69, 9.17) is 5.21 Å². The zero-order chi connectivity index (χ0) is 7.11. The van der Waals surface area contributed by atoms with Crippen LogP contribution in [0.15, 0.2) is 42.6 Å². The molecule has 0 spiro atoms. The first kappa shape index (κ1) is 7.69. The normalized spacial score (nSPS) is 11.8. The smallest absolute Gasteiger partial charge is 0.102 e. The number of rotatable bonds is 3. The number of hydrogen-bond acceptors (Lipinski definition) is 2. The van der Waals surface area contributed by atoms with Gasteiger partial charge in [0.25, 0.3) is 0 Å². The molecule has 0 aliphatic carbocycles. The molecular weight excluding hydrogens is 114 g/mol. The Hall–Kier alpha value is -1.31. The molecule has 0 aliphatic rings. The number of hydrogen-bond donors (Lipinski definition) is 1. The maximum Gasteiger partial charge on any atom is 0.102 e. The summed E-state index contributed by atoms with van der Waals surface area (Å²) in [5.41, 5.74) is 0.426. The van der Waals surface area contributed by atoms with Crippen molar-refractivity contribution in [1.29, 1.82) is 0 Å². The second-order valence-electron chi connectivity index (χ2n) is 1.32. The van der Waals surface area contributed by atoms with E-state index in [1.165, 1.54) is 6.08 Å². The molecule has 2 heteroatoms. The summed E-state index contributed by atoms with van der Waals surface area (Å²) in [6.45, 7) is 6.85. The van der Waals surface area contributed by atoms with Gasteiger partial charge in [-0.3, -0.25) is 0 Å². The van der Waals surface area contributed by atoms with Gasteiger partial charge in [0.15, 0.2) is 0 Å². The molecule has 0 atom stereocenters. The lowest BCUT2D eigenvalue weighted by Crippen LogP contribution is -1.83. The molecule has 0 unspecified atom stereocenters. The van der Waals surface area contributed by atoms with Gasteiger partial charge in [-0.2, -0.15) is 0 Å². The highest BCUT2D eigenvalue weighted by molar-refractivity contribution is 6.03. The van der Waals surface area contributed by atoms with Crippen LogP contribution < -0.4 is 0 Å². The first-order valence-electron chi connectivity index (χ1n) is 2.48. The average Bonchev–Trinajstić information content (AvgIpc) is 1.91. The van der Waals surface area contributed by atoms with Crippen LogP contribution in [0.1, 0.15) is 0 Å². The van der Waals surface area contributed by atoms with Crippen LogP contribution in [0.4, 0.5) is 0 Å². The molecule has 0 saturated carbocycles. The van der Waals surface area contributed by atoms with Crippen molar-refractivity contribution in [3.05, 3.63) is 37.5 Å². The van der Waals surface area contributed by atoms with Crippen molar-refractivity contribution in [2.24, 2.45) is 5.16 Å². The Kier molecular flexibility index (Phi) is 4.14. The Labute approximate surface area is 54.5 Å². The molecule has 0 aromatic heterocycles. The molecule has 0 heterocycles. The van der Waals surface area contributed by atoms with Gasteiger partial charge in [0.2, 0.25) is 0 Å². The number of nitrogens with zero attached hydrogens (tertiary/aromatic N) is 1. The predicted octanol–water partition coefficient (Wildman–Crippen LogP) is 1.74. The first-order valence-corrected chi connectivity index (χ1v) is 2.48. The van der Waals surface area contributed by atoms with E-state index in [1.807, 2.05) is 0 Å². The molecule has 0 aliphatic heterocycles. The first-order chi connectivity index (χ1) is 4.35. The standard InChI is InChI=1S/C7H9NO/c1-3-5-6-7(4-2)8-9/h3-6,9H,1-2H2/b6-5-,8-7-. The lowest BCUT2D eigenvalue weighted by atomic mass is 10.3. The van der Waals surface area contributed by atoms with Crippen molar-refractivity contribution in [2.75, 3.05) is 0 Å². The zero-order valence-electron chi connectivity index (χ0n) is 5.12. The Balaban J connectivity index is 3.99. The summed E-state index contributed by atoms with van der Waals surface area (Å²) in [6, 6.07) is 0. The third kappa shape index (κ3) is 3.29. The Morgan fingerprint density at radius 1 is 1.44 bits per heavy atom. The van der Waals surface area contributed by atoms with Gasteiger partial charge < -0.3 is 5.21 Å². The van der Waals surface area contributed by atoms with Crippen LogP contribution in [0.25, 0.3) is 0 Å². The van der Waals surface area contributed by atoms with Gasteiger partial charge >= 0.3 is 0 Å². The molecule has 0 fully saturated rings. The fourth-order valence-corrected chi connectivity index (χ4v) is 0.309. The summed E-state index contributed by atoms with van der Waals surface area (Å²) in [5.74, 6) is 0. The Morgan fingerprint density at radius 3 is 2.44 bits per heavy atom. The van der Waals surface area contributed by atoms with E-state index in [2.05, 4.69) is 18.3 Å². The third-order valence-corrected chi connectivity index (χ3v) is 0.728. The van der Waals surface area contributed by atoms with E-state index in [1.54, 1.807) is 18.2 Å². The van der Waals surface area contributed by atoms with Crippen LogP contribution in [-0.4, -0.2) is 10.9 Å². The fraction of sp³-hybridized carbons (Fsp3) is 0. The fourth-order valence-electron chi connectivity index (χ4n) is 0.309. The minimum Gasteiger partial charge on any atom is -0.410 e. The Morgan fingerprint density at radius 2 is 2.11 bits per heavy atom. The summed E-state index contributed by atoms with van der Waals surface area (Å²) in [5, 5.41) is 11.1. The third-order valence-electron chi connectivity index (χ3n) is 0.728. The molecule has 0 aromatic rings. The molecule has 9 heavy (non-hydrogen) atoms. The van der Waals surface area contributed by atoms with Crippen molar-refractivity contribution in [1.82, 2.24) is 0 Å². The predicted molar refractivity (Wildman–Crippen MR) is 38.8 cm³/mol. The number of oxime groups is 1. The van der Waals surface area contributed by atoms with Gasteiger partial charge in [0.05, 0.1) is 0 Å². The topological polar surface area (TPSA) is 32.6 Å². The summed E-state index contributed by atoms with van der Waals surface area (Å²) in [4.78, 5) is 0. The van der Waals surface area contributed by atoms with E-state index in [-0.39, 0.29) is 0 Å². The van der Waals surface area contributed by atoms with Crippen molar-refractivity contribution < 1.29 is 5.21 Å². The van der Waals surface area contributed by atoms with E-state index < -0.39 is 0 Å². The highest BCUT2D eigenvalue weighted by Gasteiger charge is 1.80. The van der Waals surface area contributed by atoms with E-state index in [9.17, 15) is 0 Å². The molecule has 1 N–H and O–H groups in total. The molecule has 0 saturated heterocycles. The Bertz CT molecular complexity index is 156. The monoisotopic (exact) mass is 123 g/mol. The maximum absolute atomic E-state index is 8.18. The lowest BCUT2D eigenvalue weighted by molar-refractivity contribution is 0.320. The second-order valence-corrected chi connectivity index (χ2v) is 1.32. The van der Waals surface area contributed by atoms with Gasteiger partial charge in [-0.1, -0.05) is 30.5 Å². The van der Waals surface area contributed by atoms with E-state index >= 15 is 0 Å². The molecule has 2 nitrogen and oxygen atoms in total. The SMILES string of the molecule is C=C/C=C\C(C=C)=N/O. The number of allylic oxidation sites excluding steroid dienone is 4. The van der Waals surface area contributed by atoms with E-state index in [0.29, 0.717) is 5.71 Å². The van der Waals surface area contributed by atoms with Crippen molar-refractivity contribution >= 4 is 5.71 Å². The highest BCUT2D eigenvalue weighted by atomic mass is 16.4. The van der Waals surface area contributed by atoms with Crippen LogP contribution in [-0.2, 0) is 0 Å². The van der Waals surface area contributed by atoms with Gasteiger partial charge in [-0.25, -0.2) is 0 Å². The quantitative estimate of drug-likeness (QED) is 0.263. The molecule has 0 radical (unpaired) electrons. The minimum atomic E-state index is 0.426. The molecular formula is C7H9NO. The van der Waals surface area contributed by atoms with Crippen LogP contribution >= 0.6 is 0 Å². The second kappa shape index (κ2) is 4.84. The summed E-state index contributed by atoms with van der Waals surface area (Å²) in [6.07, 6.45) is 6.30. The van der Waals surface area contributed by atoms with Crippen molar-refractivity contribution in [3.8, 4) is 0 Å². The molecule has 48 valence electrons. The van der Waals surface area contributed by atoms with Crippen LogP contribution in [0.3, 0.4) is 0 Å². The highest BCUT2D eigenvalue weighted by Crippen LogP contribution is 1.81. The van der Waals surface area contributed by atoms with Crippen molar-refractivity contribution in [3.63, 3.8) is 0 Å². The van der Waals surface area contributed by atoms with Gasteiger partial charge in [0.1, 0.15) is 5.71 Å². The van der Waals surface area contributed by atoms with Crippen LogP contribution in [0.5, 0.6) is 0 Å². The largest absolute Gasteiger partial charge is 0.410 e. The summed E-state index contributed by atoms with van der Waals surface area (Å²) in [7, 11) is 0. The molecule has 0 rings (SSSR count). The molecule has 0 bridgehead atoms. The molecule has 0 aromatic carbocycles. The van der Waals surface area contributed by atoms with Gasteiger partial charge in [-0.15, -0.1) is 0 Å². The minimum absolute atomic E-state index is 0.426. The summed E-state index contributed by atoms with van der Waals surface area (Å²) < 4.78 is 0. The van der Waals surface area contributed by atoms with Crippen molar-refractivity contribution in [2.45, 2.75) is 0 Å². The van der Waals surface area contributed by atoms with E-state index in [0.717, 1.165) is 0 Å². The van der Waals surface area contributed by atoms with Gasteiger partial charge in [-0.05, 0) is 12.2 Å². The van der Waals surface area contributed by atoms with Gasteiger partial charge in [0, 0.05) is 0 Å². The summed E-state index contributed by atoms with van der Waals surface area (Å²) >= 11 is 0. The average molecular weight is 123 g/mol. The lowest BCUT2D eigenvalue weighted by Gasteiger charge is -1.82. The maximum atomic E-state index is 8.18. The zero-order valence-corrected chi connectivity index (χ0v) is 5.12. The van der Waals surface area contributed by atoms with Crippen LogP contribution in [0.2, 0.25) is 0 Å². The molecule has 0 amide bonds.